The minimum Gasteiger partial charge on any atom is -0.444 e. The summed E-state index contributed by atoms with van der Waals surface area (Å²) in [4.78, 5) is 40.2. The van der Waals surface area contributed by atoms with Crippen LogP contribution in [0, 0.1) is 5.92 Å². The molecule has 10 heteroatoms. The highest BCUT2D eigenvalue weighted by molar-refractivity contribution is 6.02. The van der Waals surface area contributed by atoms with Gasteiger partial charge in [0, 0.05) is 37.9 Å². The van der Waals surface area contributed by atoms with Gasteiger partial charge in [-0.1, -0.05) is 12.1 Å². The van der Waals surface area contributed by atoms with Crippen LogP contribution in [0.15, 0.2) is 18.2 Å². The molecule has 0 aliphatic carbocycles. The molecule has 9 nitrogen and oxygen atoms in total. The number of hydrogen-bond acceptors (Lipinski definition) is 6. The first kappa shape index (κ1) is 27.6. The van der Waals surface area contributed by atoms with Gasteiger partial charge in [0.2, 0.25) is 11.8 Å². The van der Waals surface area contributed by atoms with Crippen LogP contribution in [0.1, 0.15) is 76.0 Å². The number of rotatable bonds is 4. The molecule has 3 aliphatic rings. The highest BCUT2D eigenvalue weighted by Crippen LogP contribution is 2.35. The van der Waals surface area contributed by atoms with Crippen LogP contribution in [0.4, 0.5) is 9.18 Å². The van der Waals surface area contributed by atoms with Gasteiger partial charge in [-0.3, -0.25) is 19.6 Å². The minimum atomic E-state index is -1.05. The van der Waals surface area contributed by atoms with Crippen LogP contribution in [0.3, 0.4) is 0 Å². The Hall–Kier alpha value is -3.01. The predicted octanol–water partition coefficient (Wildman–Crippen LogP) is 3.87. The fourth-order valence-corrected chi connectivity index (χ4v) is 6.20. The molecule has 1 N–H and O–H groups in total. The van der Waals surface area contributed by atoms with E-state index in [2.05, 4.69) is 33.5 Å². The number of aromatic nitrogens is 2. The van der Waals surface area contributed by atoms with Crippen molar-refractivity contribution < 1.29 is 23.5 Å². The van der Waals surface area contributed by atoms with E-state index in [1.54, 1.807) is 0 Å². The number of aryl methyl sites for hydroxylation is 1. The molecule has 0 saturated carbocycles. The number of nitrogens with zero attached hydrogens (tertiary/aromatic N) is 4. The maximum absolute atomic E-state index is 15.0. The fraction of sp³-hybridized carbons (Fsp3) is 0.655. The van der Waals surface area contributed by atoms with Crippen molar-refractivity contribution in [3.63, 3.8) is 0 Å². The summed E-state index contributed by atoms with van der Waals surface area (Å²) < 4.78 is 22.3. The molecule has 212 valence electrons. The molecular formula is C29H40FN5O4. The van der Waals surface area contributed by atoms with Gasteiger partial charge in [0.15, 0.2) is 0 Å². The Morgan fingerprint density at radius 1 is 1.13 bits per heavy atom. The number of fused-ring (bicyclic) bond motifs is 1. The van der Waals surface area contributed by atoms with Crippen LogP contribution >= 0.6 is 0 Å². The van der Waals surface area contributed by atoms with E-state index in [9.17, 15) is 14.4 Å². The smallest absolute Gasteiger partial charge is 0.410 e. The van der Waals surface area contributed by atoms with Crippen molar-refractivity contribution in [1.29, 1.82) is 0 Å². The van der Waals surface area contributed by atoms with E-state index < -0.39 is 23.8 Å². The molecular weight excluding hydrogens is 501 g/mol. The summed E-state index contributed by atoms with van der Waals surface area (Å²) in [6, 6.07) is 6.39. The summed E-state index contributed by atoms with van der Waals surface area (Å²) in [6.07, 6.45) is 1.98. The molecule has 0 bridgehead atoms. The highest BCUT2D eigenvalue weighted by Gasteiger charge is 2.36. The van der Waals surface area contributed by atoms with Gasteiger partial charge in [-0.2, -0.15) is 5.10 Å². The van der Waals surface area contributed by atoms with Gasteiger partial charge in [0.25, 0.3) is 0 Å². The third kappa shape index (κ3) is 6.10. The lowest BCUT2D eigenvalue weighted by Crippen LogP contribution is -2.50. The summed E-state index contributed by atoms with van der Waals surface area (Å²) in [5, 5.41) is 8.06. The number of hydrogen-bond donors (Lipinski definition) is 1. The zero-order chi connectivity index (χ0) is 27.9. The maximum atomic E-state index is 15.0. The van der Waals surface area contributed by atoms with Gasteiger partial charge in [-0.15, -0.1) is 0 Å². The lowest BCUT2D eigenvalue weighted by molar-refractivity contribution is -0.134. The number of likely N-dealkylation sites (tertiary alicyclic amines) is 2. The zero-order valence-corrected chi connectivity index (χ0v) is 23.4. The minimum absolute atomic E-state index is 0.0725. The average molecular weight is 542 g/mol. The van der Waals surface area contributed by atoms with Gasteiger partial charge in [-0.05, 0) is 77.1 Å². The van der Waals surface area contributed by atoms with E-state index >= 15 is 4.39 Å². The average Bonchev–Trinajstić information content (AvgIpc) is 3.20. The monoisotopic (exact) mass is 541 g/mol. The Morgan fingerprint density at radius 2 is 1.87 bits per heavy atom. The third-order valence-corrected chi connectivity index (χ3v) is 8.35. The summed E-state index contributed by atoms with van der Waals surface area (Å²) >= 11 is 0. The van der Waals surface area contributed by atoms with E-state index in [1.165, 1.54) is 10.5 Å². The molecule has 4 heterocycles. The number of alkyl halides is 1. The number of nitrogens with one attached hydrogen (secondary N) is 1. The third-order valence-electron chi connectivity index (χ3n) is 8.35. The quantitative estimate of drug-likeness (QED) is 0.591. The van der Waals surface area contributed by atoms with Crippen molar-refractivity contribution in [2.24, 2.45) is 13.0 Å². The van der Waals surface area contributed by atoms with E-state index in [0.717, 1.165) is 42.5 Å². The first-order chi connectivity index (χ1) is 18.5. The number of ether oxygens (including phenoxy) is 1. The molecule has 2 aromatic rings. The van der Waals surface area contributed by atoms with Crippen molar-refractivity contribution in [1.82, 2.24) is 24.9 Å². The lowest BCUT2D eigenvalue weighted by atomic mass is 9.87. The summed E-state index contributed by atoms with van der Waals surface area (Å²) in [7, 11) is 1.89. The maximum Gasteiger partial charge on any atom is 0.410 e. The van der Waals surface area contributed by atoms with Crippen LogP contribution < -0.4 is 5.32 Å². The van der Waals surface area contributed by atoms with Crippen molar-refractivity contribution in [2.75, 3.05) is 32.7 Å². The van der Waals surface area contributed by atoms with Crippen molar-refractivity contribution in [3.8, 4) is 0 Å². The molecule has 1 aromatic carbocycles. The van der Waals surface area contributed by atoms with Gasteiger partial charge in [0.1, 0.15) is 11.8 Å². The SMILES string of the molecule is Cn1nc(C2CCC(=O)NC2=O)c2ccc(C3CCN(C[C@H]4CCN(C(=O)OC(C)(C)C)C[C@H]4F)CC3)cc21. The predicted molar refractivity (Wildman–Crippen MR) is 145 cm³/mol. The van der Waals surface area contributed by atoms with Crippen molar-refractivity contribution in [3.05, 3.63) is 29.5 Å². The largest absolute Gasteiger partial charge is 0.444 e. The second kappa shape index (κ2) is 10.9. The molecule has 3 aliphatic heterocycles. The number of carbonyl (C=O) groups is 3. The molecule has 1 aromatic heterocycles. The normalized spacial score (nSPS) is 25.7. The lowest BCUT2D eigenvalue weighted by Gasteiger charge is -2.39. The highest BCUT2D eigenvalue weighted by atomic mass is 19.1. The van der Waals surface area contributed by atoms with Gasteiger partial charge < -0.3 is 14.5 Å². The number of amides is 3. The number of carbonyl (C=O) groups excluding carboxylic acids is 3. The van der Waals surface area contributed by atoms with Crippen molar-refractivity contribution in [2.45, 2.75) is 76.5 Å². The topological polar surface area (TPSA) is 96.8 Å². The Labute approximate surface area is 229 Å². The van der Waals surface area contributed by atoms with E-state index in [0.29, 0.717) is 38.3 Å². The van der Waals surface area contributed by atoms with E-state index in [4.69, 9.17) is 4.74 Å². The summed E-state index contributed by atoms with van der Waals surface area (Å²) in [5.74, 6) is -0.561. The van der Waals surface area contributed by atoms with Gasteiger partial charge in [0.05, 0.1) is 23.7 Å². The Morgan fingerprint density at radius 3 is 2.54 bits per heavy atom. The molecule has 3 amide bonds. The number of benzene rings is 1. The van der Waals surface area contributed by atoms with Crippen LogP contribution in [0.5, 0.6) is 0 Å². The molecule has 0 spiro atoms. The number of imide groups is 1. The van der Waals surface area contributed by atoms with Gasteiger partial charge >= 0.3 is 6.09 Å². The van der Waals surface area contributed by atoms with Gasteiger partial charge in [-0.25, -0.2) is 9.18 Å². The summed E-state index contributed by atoms with van der Waals surface area (Å²) in [5.41, 5.74) is 2.40. The first-order valence-corrected chi connectivity index (χ1v) is 14.1. The first-order valence-electron chi connectivity index (χ1n) is 14.1. The van der Waals surface area contributed by atoms with Crippen LogP contribution in [0.25, 0.3) is 10.9 Å². The zero-order valence-electron chi connectivity index (χ0n) is 23.4. The second-order valence-corrected chi connectivity index (χ2v) is 12.4. The molecule has 5 rings (SSSR count). The van der Waals surface area contributed by atoms with E-state index in [1.807, 2.05) is 32.5 Å². The van der Waals surface area contributed by atoms with E-state index in [-0.39, 0.29) is 24.3 Å². The molecule has 3 fully saturated rings. The fourth-order valence-electron chi connectivity index (χ4n) is 6.20. The molecule has 3 saturated heterocycles. The Kier molecular flexibility index (Phi) is 7.68. The number of halogens is 1. The molecule has 0 radical (unpaired) electrons. The standard InChI is InChI=1S/C29H40FN5O4/c1-29(2,3)39-28(38)35-14-11-20(23(30)17-35)16-34-12-9-18(10-13-34)19-5-6-21-24(15-19)33(4)32-26(21)22-7-8-25(36)31-27(22)37/h5-6,15,18,20,22-23H,7-14,16-17H2,1-4H3,(H,31,36,37)/t20-,22?,23-/m1/s1. The van der Waals surface area contributed by atoms with Crippen LogP contribution in [-0.2, 0) is 21.4 Å². The van der Waals surface area contributed by atoms with Crippen LogP contribution in [-0.4, -0.2) is 82.0 Å². The van der Waals surface area contributed by atoms with Crippen molar-refractivity contribution >= 4 is 28.8 Å². The Balaban J connectivity index is 1.16. The summed E-state index contributed by atoms with van der Waals surface area (Å²) in [6.45, 7) is 8.63. The molecule has 39 heavy (non-hydrogen) atoms. The molecule has 1 unspecified atom stereocenters. The van der Waals surface area contributed by atoms with Crippen LogP contribution in [0.2, 0.25) is 0 Å². The number of piperidine rings is 3. The Bertz CT molecular complexity index is 1250. The second-order valence-electron chi connectivity index (χ2n) is 12.4. The molecule has 3 atom stereocenters.